The molecule has 0 N–H and O–H groups in total. The molecule has 0 rings (SSSR count). The summed E-state index contributed by atoms with van der Waals surface area (Å²) in [4.78, 5) is 0. The average molecular weight is 415 g/mol. The lowest BCUT2D eigenvalue weighted by Crippen LogP contribution is -2.65. The zero-order chi connectivity index (χ0) is 20.3. The first-order chi connectivity index (χ1) is 11.0. The molecule has 0 spiro atoms. The van der Waals surface area contributed by atoms with Gasteiger partial charge in [0.2, 0.25) is 0 Å². The van der Waals surface area contributed by atoms with Crippen LogP contribution in [0.5, 0.6) is 0 Å². The maximum atomic E-state index is 13.7. The molecular weight excluding hydrogens is 401 g/mol. The Morgan fingerprint density at radius 2 is 1.12 bits per heavy atom. The zero-order valence-electron chi connectivity index (χ0n) is 12.7. The van der Waals surface area contributed by atoms with E-state index in [9.17, 15) is 47.9 Å². The number of hydrogen-bond acceptors (Lipinski definition) is 4. The summed E-state index contributed by atoms with van der Waals surface area (Å²) in [5, 5.41) is -6.76. The Kier molecular flexibility index (Phi) is 7.58. The van der Waals surface area contributed by atoms with E-state index < -0.39 is 63.9 Å². The Balaban J connectivity index is 6.06. The van der Waals surface area contributed by atoms with E-state index in [0.717, 1.165) is 14.2 Å². The van der Waals surface area contributed by atoms with Gasteiger partial charge in [-0.15, -0.1) is 0 Å². The largest absolute Gasteiger partial charge is 0.460 e. The molecule has 0 aromatic heterocycles. The molecule has 0 aliphatic heterocycles. The van der Waals surface area contributed by atoms with E-state index in [1.807, 2.05) is 0 Å². The van der Waals surface area contributed by atoms with Crippen molar-refractivity contribution < 1.29 is 57.4 Å². The molecule has 0 aliphatic carbocycles. The number of methoxy groups -OCH3 is 2. The van der Waals surface area contributed by atoms with Gasteiger partial charge < -0.3 is 9.47 Å². The van der Waals surface area contributed by atoms with Gasteiger partial charge in [-0.2, -0.15) is 43.8 Å². The Morgan fingerprint density at radius 1 is 0.760 bits per heavy atom. The van der Waals surface area contributed by atoms with Crippen LogP contribution in [0.1, 0.15) is 0 Å². The highest BCUT2D eigenvalue weighted by atomic mass is 32.2. The maximum absolute atomic E-state index is 13.7. The molecular formula is C10H14F9NO4S. The van der Waals surface area contributed by atoms with Crippen molar-refractivity contribution >= 4 is 10.0 Å². The molecule has 0 heterocycles. The molecule has 25 heavy (non-hydrogen) atoms. The fourth-order valence-electron chi connectivity index (χ4n) is 1.42. The molecule has 0 saturated carbocycles. The number of hydrogen-bond donors (Lipinski definition) is 0. The van der Waals surface area contributed by atoms with E-state index in [-0.39, 0.29) is 0 Å². The van der Waals surface area contributed by atoms with Crippen molar-refractivity contribution in [3.8, 4) is 0 Å². The Bertz CT molecular complexity index is 527. The highest BCUT2D eigenvalue weighted by Gasteiger charge is 2.85. The summed E-state index contributed by atoms with van der Waals surface area (Å²) in [6.07, 6.45) is -7.11. The fraction of sp³-hybridized carbons (Fsp3) is 1.00. The quantitative estimate of drug-likeness (QED) is 0.514. The van der Waals surface area contributed by atoms with Crippen molar-refractivity contribution in [1.82, 2.24) is 4.31 Å². The normalized spacial score (nSPS) is 15.0. The van der Waals surface area contributed by atoms with Gasteiger partial charge in [0.05, 0.1) is 13.2 Å². The molecule has 0 aromatic carbocycles. The molecule has 5 nitrogen and oxygen atoms in total. The lowest BCUT2D eigenvalue weighted by Gasteiger charge is -2.35. The second kappa shape index (κ2) is 7.84. The summed E-state index contributed by atoms with van der Waals surface area (Å²) in [7, 11) is -4.68. The SMILES string of the molecule is COCCN(CCOC)S(=O)(=O)C(F)(F)C(F)(F)C(F)(F)C(F)(F)F. The average Bonchev–Trinajstić information content (AvgIpc) is 2.45. The number of nitrogens with zero attached hydrogens (tertiary/aromatic N) is 1. The lowest BCUT2D eigenvalue weighted by atomic mass is 10.1. The second-order valence-electron chi connectivity index (χ2n) is 4.55. The second-order valence-corrected chi connectivity index (χ2v) is 6.53. The van der Waals surface area contributed by atoms with Crippen LogP contribution in [-0.2, 0) is 19.5 Å². The third kappa shape index (κ3) is 4.31. The molecule has 0 aromatic rings. The van der Waals surface area contributed by atoms with E-state index in [2.05, 4.69) is 9.47 Å². The van der Waals surface area contributed by atoms with Crippen LogP contribution in [0, 0.1) is 0 Å². The van der Waals surface area contributed by atoms with Crippen LogP contribution in [0.25, 0.3) is 0 Å². The minimum Gasteiger partial charge on any atom is -0.383 e. The molecule has 0 aliphatic rings. The van der Waals surface area contributed by atoms with E-state index in [1.165, 1.54) is 0 Å². The van der Waals surface area contributed by atoms with Crippen molar-refractivity contribution in [2.24, 2.45) is 0 Å². The van der Waals surface area contributed by atoms with Gasteiger partial charge in [-0.1, -0.05) is 0 Å². The van der Waals surface area contributed by atoms with Gasteiger partial charge in [-0.05, 0) is 0 Å². The minimum atomic E-state index is -7.30. The standard InChI is InChI=1S/C10H14F9NO4S/c1-23-5-3-20(4-6-24-2)25(21,22)10(18,19)8(13,14)7(11,12)9(15,16)17/h3-6H2,1-2H3. The predicted molar refractivity (Wildman–Crippen MR) is 65.1 cm³/mol. The first-order valence-corrected chi connectivity index (χ1v) is 7.64. The van der Waals surface area contributed by atoms with Crippen LogP contribution in [-0.4, -0.2) is 76.5 Å². The van der Waals surface area contributed by atoms with Gasteiger partial charge in [-0.3, -0.25) is 0 Å². The number of ether oxygens (including phenoxy) is 2. The summed E-state index contributed by atoms with van der Waals surface area (Å²) in [6, 6.07) is 0. The molecule has 0 saturated heterocycles. The van der Waals surface area contributed by atoms with E-state index in [1.54, 1.807) is 0 Å². The highest BCUT2D eigenvalue weighted by molar-refractivity contribution is 7.90. The summed E-state index contributed by atoms with van der Waals surface area (Å²) >= 11 is 0. The third-order valence-electron chi connectivity index (χ3n) is 2.87. The summed E-state index contributed by atoms with van der Waals surface area (Å²) in [5.41, 5.74) is 0. The van der Waals surface area contributed by atoms with Crippen LogP contribution in [0.15, 0.2) is 0 Å². The highest BCUT2D eigenvalue weighted by Crippen LogP contribution is 2.55. The first kappa shape index (κ1) is 24.2. The summed E-state index contributed by atoms with van der Waals surface area (Å²) in [6.45, 7) is -3.27. The van der Waals surface area contributed by atoms with Crippen LogP contribution in [0.4, 0.5) is 39.5 Å². The number of alkyl halides is 9. The van der Waals surface area contributed by atoms with Crippen LogP contribution >= 0.6 is 0 Å². The van der Waals surface area contributed by atoms with Crippen molar-refractivity contribution in [2.75, 3.05) is 40.5 Å². The smallest absolute Gasteiger partial charge is 0.383 e. The van der Waals surface area contributed by atoms with E-state index in [0.29, 0.717) is 0 Å². The topological polar surface area (TPSA) is 55.8 Å². The van der Waals surface area contributed by atoms with Crippen molar-refractivity contribution in [3.63, 3.8) is 0 Å². The molecule has 152 valence electrons. The minimum absolute atomic E-state index is 0.416. The van der Waals surface area contributed by atoms with Crippen LogP contribution in [0.2, 0.25) is 0 Å². The Hall–Kier alpha value is -0.800. The first-order valence-electron chi connectivity index (χ1n) is 6.20. The number of sulfonamides is 1. The third-order valence-corrected chi connectivity index (χ3v) is 4.82. The van der Waals surface area contributed by atoms with Gasteiger partial charge in [0, 0.05) is 27.3 Å². The Labute approximate surface area is 136 Å². The van der Waals surface area contributed by atoms with Gasteiger partial charge in [0.25, 0.3) is 10.0 Å². The van der Waals surface area contributed by atoms with Gasteiger partial charge in [-0.25, -0.2) is 8.42 Å². The molecule has 0 unspecified atom stereocenters. The molecule has 0 amide bonds. The predicted octanol–water partition coefficient (Wildman–Crippen LogP) is 2.34. The Morgan fingerprint density at radius 3 is 1.40 bits per heavy atom. The molecule has 0 radical (unpaired) electrons. The molecule has 15 heteroatoms. The monoisotopic (exact) mass is 415 g/mol. The number of halogens is 9. The summed E-state index contributed by atoms with van der Waals surface area (Å²) < 4.78 is 147. The molecule has 0 atom stereocenters. The van der Waals surface area contributed by atoms with Crippen molar-refractivity contribution in [2.45, 2.75) is 23.3 Å². The lowest BCUT2D eigenvalue weighted by molar-refractivity contribution is -0.382. The number of rotatable bonds is 10. The van der Waals surface area contributed by atoms with Crippen molar-refractivity contribution in [1.29, 1.82) is 0 Å². The van der Waals surface area contributed by atoms with Crippen molar-refractivity contribution in [3.05, 3.63) is 0 Å². The zero-order valence-corrected chi connectivity index (χ0v) is 13.5. The van der Waals surface area contributed by atoms with Gasteiger partial charge in [0.15, 0.2) is 0 Å². The van der Waals surface area contributed by atoms with E-state index >= 15 is 0 Å². The van der Waals surface area contributed by atoms with E-state index in [4.69, 9.17) is 0 Å². The summed E-state index contributed by atoms with van der Waals surface area (Å²) in [5.74, 6) is -14.6. The maximum Gasteiger partial charge on any atom is 0.460 e. The van der Waals surface area contributed by atoms with Crippen LogP contribution in [0.3, 0.4) is 0 Å². The van der Waals surface area contributed by atoms with Gasteiger partial charge in [0.1, 0.15) is 0 Å². The van der Waals surface area contributed by atoms with Gasteiger partial charge >= 0.3 is 23.3 Å². The fourth-order valence-corrected chi connectivity index (χ4v) is 2.83. The van der Waals surface area contributed by atoms with Crippen LogP contribution < -0.4 is 0 Å². The molecule has 0 bridgehead atoms. The molecule has 0 fully saturated rings.